The summed E-state index contributed by atoms with van der Waals surface area (Å²) < 4.78 is 5.83. The van der Waals surface area contributed by atoms with Crippen molar-refractivity contribution in [3.05, 3.63) is 57.8 Å². The van der Waals surface area contributed by atoms with E-state index in [-0.39, 0.29) is 5.69 Å². The van der Waals surface area contributed by atoms with Crippen molar-refractivity contribution < 1.29 is 9.34 Å². The summed E-state index contributed by atoms with van der Waals surface area (Å²) in [5, 5.41) is 20.1. The number of nitro benzene ring substituents is 1. The van der Waals surface area contributed by atoms with Crippen molar-refractivity contribution in [1.82, 2.24) is 0 Å². The Hall–Kier alpha value is -3.07. The second kappa shape index (κ2) is 7.01. The van der Waals surface area contributed by atoms with Crippen molar-refractivity contribution in [1.29, 1.82) is 5.26 Å². The molecule has 0 N–H and O–H groups in total. The largest absolute Gasteiger partial charge is 0.441 e. The quantitative estimate of drug-likeness (QED) is 0.477. The fourth-order valence-electron chi connectivity index (χ4n) is 2.79. The Bertz CT molecular complexity index is 794. The number of anilines is 1. The zero-order chi connectivity index (χ0) is 16.9. The Morgan fingerprint density at radius 3 is 2.50 bits per heavy atom. The number of benzene rings is 1. The number of furan rings is 1. The SMILES string of the molecule is N#C/C(=C/c1ccc(N2CCCCC2)o1)c1ccc([N+](=O)[O-])cc1. The second-order valence-corrected chi connectivity index (χ2v) is 5.70. The fourth-order valence-corrected chi connectivity index (χ4v) is 2.79. The maximum atomic E-state index is 10.7. The summed E-state index contributed by atoms with van der Waals surface area (Å²) in [7, 11) is 0. The monoisotopic (exact) mass is 323 g/mol. The van der Waals surface area contributed by atoms with Gasteiger partial charge in [0.1, 0.15) is 5.76 Å². The van der Waals surface area contributed by atoms with Crippen molar-refractivity contribution >= 4 is 23.2 Å². The predicted molar refractivity (Wildman–Crippen MR) is 91.4 cm³/mol. The molecule has 122 valence electrons. The Labute approximate surface area is 139 Å². The summed E-state index contributed by atoms with van der Waals surface area (Å²) in [5.41, 5.74) is 1.03. The third kappa shape index (κ3) is 3.46. The van der Waals surface area contributed by atoms with Gasteiger partial charge in [-0.25, -0.2) is 0 Å². The molecule has 1 aliphatic rings. The van der Waals surface area contributed by atoms with E-state index in [1.165, 1.54) is 18.6 Å². The van der Waals surface area contributed by atoms with Crippen molar-refractivity contribution in [2.75, 3.05) is 18.0 Å². The maximum Gasteiger partial charge on any atom is 0.269 e. The molecule has 0 bridgehead atoms. The minimum Gasteiger partial charge on any atom is -0.441 e. The second-order valence-electron chi connectivity index (χ2n) is 5.70. The highest BCUT2D eigenvalue weighted by Crippen LogP contribution is 2.26. The van der Waals surface area contributed by atoms with E-state index in [1.54, 1.807) is 18.2 Å². The van der Waals surface area contributed by atoms with Gasteiger partial charge in [-0.2, -0.15) is 5.26 Å². The molecule has 3 rings (SSSR count). The summed E-state index contributed by atoms with van der Waals surface area (Å²) >= 11 is 0. The highest BCUT2D eigenvalue weighted by atomic mass is 16.6. The maximum absolute atomic E-state index is 10.7. The van der Waals surface area contributed by atoms with E-state index in [0.29, 0.717) is 16.9 Å². The average molecular weight is 323 g/mol. The van der Waals surface area contributed by atoms with Crippen LogP contribution < -0.4 is 4.90 Å². The van der Waals surface area contributed by atoms with Gasteiger partial charge in [-0.05, 0) is 49.1 Å². The number of hydrogen-bond acceptors (Lipinski definition) is 5. The smallest absolute Gasteiger partial charge is 0.269 e. The molecule has 0 unspecified atom stereocenters. The molecule has 1 aliphatic heterocycles. The normalized spacial score (nSPS) is 15.1. The number of allylic oxidation sites excluding steroid dienone is 1. The first-order valence-corrected chi connectivity index (χ1v) is 7.89. The number of hydrogen-bond donors (Lipinski definition) is 0. The number of piperidine rings is 1. The highest BCUT2D eigenvalue weighted by molar-refractivity contribution is 5.89. The number of non-ortho nitro benzene ring substituents is 1. The molecule has 1 saturated heterocycles. The number of rotatable bonds is 4. The van der Waals surface area contributed by atoms with Crippen molar-refractivity contribution in [2.24, 2.45) is 0 Å². The van der Waals surface area contributed by atoms with E-state index in [2.05, 4.69) is 11.0 Å². The molecule has 1 fully saturated rings. The van der Waals surface area contributed by atoms with Crippen LogP contribution in [-0.4, -0.2) is 18.0 Å². The minimum atomic E-state index is -0.461. The van der Waals surface area contributed by atoms with E-state index >= 15 is 0 Å². The molecular formula is C18H17N3O3. The van der Waals surface area contributed by atoms with Crippen LogP contribution in [0.15, 0.2) is 40.8 Å². The molecule has 6 nitrogen and oxygen atoms in total. The van der Waals surface area contributed by atoms with Crippen LogP contribution >= 0.6 is 0 Å². The molecule has 0 spiro atoms. The summed E-state index contributed by atoms with van der Waals surface area (Å²) in [6, 6.07) is 11.8. The lowest BCUT2D eigenvalue weighted by atomic mass is 10.1. The molecule has 6 heteroatoms. The third-order valence-corrected chi connectivity index (χ3v) is 4.08. The lowest BCUT2D eigenvalue weighted by Gasteiger charge is -2.25. The van der Waals surface area contributed by atoms with Gasteiger partial charge in [0.2, 0.25) is 0 Å². The summed E-state index contributed by atoms with van der Waals surface area (Å²) in [5.74, 6) is 1.42. The molecular weight excluding hydrogens is 306 g/mol. The first kappa shape index (κ1) is 15.8. The number of nitrogens with zero attached hydrogens (tertiary/aromatic N) is 3. The summed E-state index contributed by atoms with van der Waals surface area (Å²) in [6.45, 7) is 1.98. The number of nitriles is 1. The molecule has 0 amide bonds. The fraction of sp³-hybridized carbons (Fsp3) is 0.278. The van der Waals surface area contributed by atoms with Gasteiger partial charge < -0.3 is 9.32 Å². The van der Waals surface area contributed by atoms with Crippen molar-refractivity contribution in [3.8, 4) is 6.07 Å². The van der Waals surface area contributed by atoms with Crippen LogP contribution in [0.1, 0.15) is 30.6 Å². The van der Waals surface area contributed by atoms with Crippen LogP contribution in [0, 0.1) is 21.4 Å². The lowest BCUT2D eigenvalue weighted by molar-refractivity contribution is -0.384. The molecule has 2 aromatic rings. The zero-order valence-electron chi connectivity index (χ0n) is 13.1. The van der Waals surface area contributed by atoms with Gasteiger partial charge in [0.15, 0.2) is 5.88 Å². The first-order valence-electron chi connectivity index (χ1n) is 7.89. The van der Waals surface area contributed by atoms with Gasteiger partial charge >= 0.3 is 0 Å². The van der Waals surface area contributed by atoms with E-state index in [4.69, 9.17) is 4.42 Å². The average Bonchev–Trinajstić information content (AvgIpc) is 3.09. The molecule has 1 aromatic heterocycles. The highest BCUT2D eigenvalue weighted by Gasteiger charge is 2.14. The summed E-state index contributed by atoms with van der Waals surface area (Å²) in [6.07, 6.45) is 5.24. The molecule has 0 atom stereocenters. The van der Waals surface area contributed by atoms with Crippen LogP contribution in [0.2, 0.25) is 0 Å². The molecule has 24 heavy (non-hydrogen) atoms. The van der Waals surface area contributed by atoms with Crippen molar-refractivity contribution in [3.63, 3.8) is 0 Å². The van der Waals surface area contributed by atoms with Gasteiger partial charge in [-0.1, -0.05) is 0 Å². The van der Waals surface area contributed by atoms with Crippen LogP contribution in [0.3, 0.4) is 0 Å². The van der Waals surface area contributed by atoms with Gasteiger partial charge in [0.25, 0.3) is 5.69 Å². The molecule has 0 saturated carbocycles. The van der Waals surface area contributed by atoms with Gasteiger partial charge in [0.05, 0.1) is 16.6 Å². The van der Waals surface area contributed by atoms with E-state index in [9.17, 15) is 15.4 Å². The van der Waals surface area contributed by atoms with E-state index in [1.807, 2.05) is 12.1 Å². The Kier molecular flexibility index (Phi) is 4.62. The Balaban J connectivity index is 1.81. The van der Waals surface area contributed by atoms with Crippen molar-refractivity contribution in [2.45, 2.75) is 19.3 Å². The molecule has 0 aliphatic carbocycles. The van der Waals surface area contributed by atoms with E-state index < -0.39 is 4.92 Å². The standard InChI is InChI=1S/C18H17N3O3/c19-13-15(14-4-6-16(7-5-14)21(22)23)12-17-8-9-18(24-17)20-10-2-1-3-11-20/h4-9,12H,1-3,10-11H2/b15-12-. The van der Waals surface area contributed by atoms with E-state index in [0.717, 1.165) is 31.8 Å². The topological polar surface area (TPSA) is 83.3 Å². The molecule has 0 radical (unpaired) electrons. The molecule has 1 aromatic carbocycles. The number of nitro groups is 1. The minimum absolute atomic E-state index is 0.00132. The van der Waals surface area contributed by atoms with Crippen LogP contribution in [0.4, 0.5) is 11.6 Å². The Morgan fingerprint density at radius 1 is 1.17 bits per heavy atom. The molecule has 2 heterocycles. The van der Waals surface area contributed by atoms with Crippen LogP contribution in [0.5, 0.6) is 0 Å². The first-order chi connectivity index (χ1) is 11.7. The van der Waals surface area contributed by atoms with Gasteiger partial charge in [0, 0.05) is 31.3 Å². The van der Waals surface area contributed by atoms with Gasteiger partial charge in [-0.15, -0.1) is 0 Å². The zero-order valence-corrected chi connectivity index (χ0v) is 13.1. The van der Waals surface area contributed by atoms with Crippen LogP contribution in [0.25, 0.3) is 11.6 Å². The Morgan fingerprint density at radius 2 is 1.88 bits per heavy atom. The van der Waals surface area contributed by atoms with Crippen LogP contribution in [-0.2, 0) is 0 Å². The third-order valence-electron chi connectivity index (χ3n) is 4.08. The predicted octanol–water partition coefficient (Wildman–Crippen LogP) is 4.24. The summed E-state index contributed by atoms with van der Waals surface area (Å²) in [4.78, 5) is 12.4. The van der Waals surface area contributed by atoms with Gasteiger partial charge in [-0.3, -0.25) is 10.1 Å². The lowest BCUT2D eigenvalue weighted by Crippen LogP contribution is -2.28.